The number of amides is 2. The number of rotatable bonds is 4. The Balaban J connectivity index is 1.80. The van der Waals surface area contributed by atoms with Crippen molar-refractivity contribution in [3.8, 4) is 0 Å². The Hall–Kier alpha value is -2.33. The molecule has 1 atom stereocenters. The highest BCUT2D eigenvalue weighted by atomic mass is 35.5. The third-order valence-electron chi connectivity index (χ3n) is 4.80. The van der Waals surface area contributed by atoms with Crippen molar-refractivity contribution in [2.75, 3.05) is 16.8 Å². The number of benzene rings is 2. The van der Waals surface area contributed by atoms with Crippen molar-refractivity contribution in [1.29, 1.82) is 0 Å². The van der Waals surface area contributed by atoms with Gasteiger partial charge < -0.3 is 10.2 Å². The highest BCUT2D eigenvalue weighted by molar-refractivity contribution is 6.30. The zero-order valence-electron chi connectivity index (χ0n) is 15.3. The number of carbonyl (C=O) groups excluding carboxylic acids is 2. The summed E-state index contributed by atoms with van der Waals surface area (Å²) in [6, 6.07) is 13.2. The molecule has 1 aliphatic rings. The van der Waals surface area contributed by atoms with E-state index in [1.807, 2.05) is 56.3 Å². The molecule has 26 heavy (non-hydrogen) atoms. The monoisotopic (exact) mass is 370 g/mol. The van der Waals surface area contributed by atoms with E-state index >= 15 is 0 Å². The molecule has 4 nitrogen and oxygen atoms in total. The first-order valence-electron chi connectivity index (χ1n) is 8.84. The standard InChI is InChI=1S/C21H23ClN2O2/c1-13(2)20(15-4-6-17(22)7-5-15)21(26)23-18-8-9-19-16(12-18)10-11-24(19)14(3)25/h4-9,12-13,20H,10-11H2,1-3H3,(H,23,26)/t20-/m0/s1. The van der Waals surface area contributed by atoms with Gasteiger partial charge in [0.25, 0.3) is 0 Å². The van der Waals surface area contributed by atoms with Crippen LogP contribution in [0.3, 0.4) is 0 Å². The molecule has 0 unspecified atom stereocenters. The molecule has 0 spiro atoms. The average Bonchev–Trinajstić information content (AvgIpc) is 3.00. The molecule has 1 aliphatic heterocycles. The second-order valence-corrected chi connectivity index (χ2v) is 7.46. The van der Waals surface area contributed by atoms with Crippen molar-refractivity contribution in [2.24, 2.45) is 5.92 Å². The molecule has 0 saturated carbocycles. The molecule has 1 N–H and O–H groups in total. The largest absolute Gasteiger partial charge is 0.326 e. The van der Waals surface area contributed by atoms with E-state index in [1.54, 1.807) is 11.8 Å². The van der Waals surface area contributed by atoms with Crippen molar-refractivity contribution in [3.05, 3.63) is 58.6 Å². The fourth-order valence-corrected chi connectivity index (χ4v) is 3.66. The van der Waals surface area contributed by atoms with Gasteiger partial charge in [-0.3, -0.25) is 9.59 Å². The zero-order valence-corrected chi connectivity index (χ0v) is 16.0. The van der Waals surface area contributed by atoms with Crippen molar-refractivity contribution < 1.29 is 9.59 Å². The molecule has 0 aromatic heterocycles. The van der Waals surface area contributed by atoms with Crippen LogP contribution in [0, 0.1) is 5.92 Å². The molecule has 2 amide bonds. The number of hydrogen-bond acceptors (Lipinski definition) is 2. The molecule has 3 rings (SSSR count). The third kappa shape index (κ3) is 3.75. The van der Waals surface area contributed by atoms with Crippen molar-refractivity contribution in [3.63, 3.8) is 0 Å². The van der Waals surface area contributed by atoms with Gasteiger partial charge in [0, 0.05) is 29.9 Å². The van der Waals surface area contributed by atoms with Crippen LogP contribution in [0.15, 0.2) is 42.5 Å². The highest BCUT2D eigenvalue weighted by Crippen LogP contribution is 2.32. The molecule has 0 bridgehead atoms. The minimum Gasteiger partial charge on any atom is -0.326 e. The minimum atomic E-state index is -0.255. The van der Waals surface area contributed by atoms with Gasteiger partial charge in [-0.1, -0.05) is 37.6 Å². The third-order valence-corrected chi connectivity index (χ3v) is 5.05. The predicted octanol–water partition coefficient (Wildman–Crippen LogP) is 4.63. The summed E-state index contributed by atoms with van der Waals surface area (Å²) >= 11 is 5.96. The first-order valence-corrected chi connectivity index (χ1v) is 9.22. The summed E-state index contributed by atoms with van der Waals surface area (Å²) in [7, 11) is 0. The summed E-state index contributed by atoms with van der Waals surface area (Å²) < 4.78 is 0. The molecule has 2 aromatic carbocycles. The molecule has 136 valence electrons. The molecule has 0 radical (unpaired) electrons. The van der Waals surface area contributed by atoms with E-state index in [0.29, 0.717) is 11.6 Å². The summed E-state index contributed by atoms with van der Waals surface area (Å²) in [5, 5.41) is 3.69. The predicted molar refractivity (Wildman–Crippen MR) is 106 cm³/mol. The first-order chi connectivity index (χ1) is 12.4. The molecular formula is C21H23ClN2O2. The van der Waals surface area contributed by atoms with Crippen LogP contribution >= 0.6 is 11.6 Å². The van der Waals surface area contributed by atoms with Crippen molar-refractivity contribution >= 4 is 34.8 Å². The quantitative estimate of drug-likeness (QED) is 0.853. The summed E-state index contributed by atoms with van der Waals surface area (Å²) in [5.41, 5.74) is 3.74. The van der Waals surface area contributed by atoms with Crippen LogP contribution in [0.2, 0.25) is 5.02 Å². The zero-order chi connectivity index (χ0) is 18.8. The van der Waals surface area contributed by atoms with E-state index in [2.05, 4.69) is 5.32 Å². The lowest BCUT2D eigenvalue weighted by molar-refractivity contribution is -0.118. The Kier molecular flexibility index (Phi) is 5.33. The van der Waals surface area contributed by atoms with E-state index in [0.717, 1.165) is 28.9 Å². The topological polar surface area (TPSA) is 49.4 Å². The van der Waals surface area contributed by atoms with Gasteiger partial charge in [-0.15, -0.1) is 0 Å². The summed E-state index contributed by atoms with van der Waals surface area (Å²) in [6.45, 7) is 6.34. The number of hydrogen-bond donors (Lipinski definition) is 1. The molecule has 2 aromatic rings. The number of fused-ring (bicyclic) bond motifs is 1. The fourth-order valence-electron chi connectivity index (χ4n) is 3.54. The SMILES string of the molecule is CC(=O)N1CCc2cc(NC(=O)[C@H](c3ccc(Cl)cc3)C(C)C)ccc21. The normalized spacial score (nSPS) is 14.3. The maximum Gasteiger partial charge on any atom is 0.232 e. The smallest absolute Gasteiger partial charge is 0.232 e. The van der Waals surface area contributed by atoms with Gasteiger partial charge >= 0.3 is 0 Å². The summed E-state index contributed by atoms with van der Waals surface area (Å²) in [4.78, 5) is 26.3. The van der Waals surface area contributed by atoms with Gasteiger partial charge in [-0.25, -0.2) is 0 Å². The van der Waals surface area contributed by atoms with Crippen LogP contribution in [0.25, 0.3) is 0 Å². The maximum atomic E-state index is 12.9. The van der Waals surface area contributed by atoms with Crippen LogP contribution in [-0.2, 0) is 16.0 Å². The average molecular weight is 371 g/mol. The Labute approximate surface area is 159 Å². The van der Waals surface area contributed by atoms with Gasteiger partial charge in [0.1, 0.15) is 0 Å². The number of anilines is 2. The lowest BCUT2D eigenvalue weighted by atomic mass is 9.87. The van der Waals surface area contributed by atoms with Crippen LogP contribution in [0.5, 0.6) is 0 Å². The molecule has 1 heterocycles. The molecule has 0 fully saturated rings. The lowest BCUT2D eigenvalue weighted by Crippen LogP contribution is -2.26. The van der Waals surface area contributed by atoms with Gasteiger partial charge in [0.15, 0.2) is 0 Å². The van der Waals surface area contributed by atoms with Gasteiger partial charge in [-0.05, 0) is 53.8 Å². The van der Waals surface area contributed by atoms with Gasteiger partial charge in [-0.2, -0.15) is 0 Å². The maximum absolute atomic E-state index is 12.9. The molecule has 0 aliphatic carbocycles. The first kappa shape index (κ1) is 18.5. The molecule has 5 heteroatoms. The molecule has 0 saturated heterocycles. The van der Waals surface area contributed by atoms with E-state index in [9.17, 15) is 9.59 Å². The number of nitrogens with zero attached hydrogens (tertiary/aromatic N) is 1. The van der Waals surface area contributed by atoms with Crippen LogP contribution in [0.4, 0.5) is 11.4 Å². The van der Waals surface area contributed by atoms with E-state index in [1.165, 1.54) is 0 Å². The van der Waals surface area contributed by atoms with Gasteiger partial charge in [0.2, 0.25) is 11.8 Å². The van der Waals surface area contributed by atoms with Gasteiger partial charge in [0.05, 0.1) is 5.92 Å². The number of nitrogens with one attached hydrogen (secondary N) is 1. The number of carbonyl (C=O) groups is 2. The van der Waals surface area contributed by atoms with Crippen molar-refractivity contribution in [1.82, 2.24) is 0 Å². The lowest BCUT2D eigenvalue weighted by Gasteiger charge is -2.21. The summed E-state index contributed by atoms with van der Waals surface area (Å²) in [5.74, 6) is -0.0973. The van der Waals surface area contributed by atoms with E-state index in [4.69, 9.17) is 11.6 Å². The Morgan fingerprint density at radius 3 is 2.42 bits per heavy atom. The Morgan fingerprint density at radius 1 is 1.12 bits per heavy atom. The van der Waals surface area contributed by atoms with Crippen LogP contribution < -0.4 is 10.2 Å². The van der Waals surface area contributed by atoms with E-state index < -0.39 is 0 Å². The fraction of sp³-hybridized carbons (Fsp3) is 0.333. The molecular weight excluding hydrogens is 348 g/mol. The van der Waals surface area contributed by atoms with Crippen molar-refractivity contribution in [2.45, 2.75) is 33.1 Å². The number of halogens is 1. The highest BCUT2D eigenvalue weighted by Gasteiger charge is 2.26. The van der Waals surface area contributed by atoms with Crippen LogP contribution in [-0.4, -0.2) is 18.4 Å². The van der Waals surface area contributed by atoms with Crippen LogP contribution in [0.1, 0.15) is 37.8 Å². The second kappa shape index (κ2) is 7.50. The minimum absolute atomic E-state index is 0.0382. The van der Waals surface area contributed by atoms with E-state index in [-0.39, 0.29) is 23.7 Å². The second-order valence-electron chi connectivity index (χ2n) is 7.03. The Morgan fingerprint density at radius 2 is 1.81 bits per heavy atom. The Bertz CT molecular complexity index is 830. The summed E-state index contributed by atoms with van der Waals surface area (Å²) in [6.07, 6.45) is 0.809.